The van der Waals surface area contributed by atoms with Crippen LogP contribution in [-0.4, -0.2) is 34.0 Å². The lowest BCUT2D eigenvalue weighted by Gasteiger charge is -2.37. The van der Waals surface area contributed by atoms with Crippen LogP contribution in [0.15, 0.2) is 48.8 Å². The number of aryl methyl sites for hydroxylation is 1. The van der Waals surface area contributed by atoms with Crippen molar-refractivity contribution in [1.29, 1.82) is 0 Å². The van der Waals surface area contributed by atoms with E-state index in [-0.39, 0.29) is 12.0 Å². The molecule has 3 rings (SSSR count). The number of aliphatic carboxylic acids is 1. The molecule has 0 aliphatic carbocycles. The summed E-state index contributed by atoms with van der Waals surface area (Å²) in [5.74, 6) is -0.878. The van der Waals surface area contributed by atoms with Gasteiger partial charge in [-0.2, -0.15) is 0 Å². The third kappa shape index (κ3) is 3.59. The molecule has 1 N–H and O–H groups in total. The lowest BCUT2D eigenvalue weighted by molar-refractivity contribution is -0.143. The highest BCUT2D eigenvalue weighted by atomic mass is 16.4. The fourth-order valence-electron chi connectivity index (χ4n) is 3.40. The Hall–Kier alpha value is -2.20. The monoisotopic (exact) mass is 310 g/mol. The summed E-state index contributed by atoms with van der Waals surface area (Å²) in [7, 11) is 0. The van der Waals surface area contributed by atoms with Gasteiger partial charge >= 0.3 is 5.97 Å². The molecule has 0 saturated carbocycles. The zero-order valence-corrected chi connectivity index (χ0v) is 13.4. The maximum atomic E-state index is 11.2. The fraction of sp³-hybridized carbons (Fsp3) is 0.368. The molecule has 120 valence electrons. The highest BCUT2D eigenvalue weighted by Gasteiger charge is 2.30. The van der Waals surface area contributed by atoms with Crippen LogP contribution in [0.25, 0.3) is 0 Å². The van der Waals surface area contributed by atoms with Crippen LogP contribution in [0.3, 0.4) is 0 Å². The van der Waals surface area contributed by atoms with Crippen molar-refractivity contribution in [2.75, 3.05) is 13.1 Å². The number of benzene rings is 1. The zero-order valence-electron chi connectivity index (χ0n) is 13.4. The second-order valence-corrected chi connectivity index (χ2v) is 6.25. The molecule has 0 spiro atoms. The normalized spacial score (nSPS) is 17.8. The number of piperidine rings is 1. The van der Waals surface area contributed by atoms with Gasteiger partial charge in [-0.15, -0.1) is 0 Å². The van der Waals surface area contributed by atoms with E-state index in [1.54, 1.807) is 6.20 Å². The van der Waals surface area contributed by atoms with Crippen LogP contribution >= 0.6 is 0 Å². The summed E-state index contributed by atoms with van der Waals surface area (Å²) in [6.45, 7) is 3.69. The molecule has 0 bridgehead atoms. The first-order chi connectivity index (χ1) is 11.1. The largest absolute Gasteiger partial charge is 0.481 e. The van der Waals surface area contributed by atoms with Crippen molar-refractivity contribution in [2.24, 2.45) is 5.92 Å². The summed E-state index contributed by atoms with van der Waals surface area (Å²) in [5, 5.41) is 9.21. The number of carboxylic acid groups (broad SMARTS) is 1. The van der Waals surface area contributed by atoms with E-state index in [0.717, 1.165) is 18.7 Å². The van der Waals surface area contributed by atoms with Gasteiger partial charge in [-0.1, -0.05) is 35.9 Å². The van der Waals surface area contributed by atoms with E-state index in [0.29, 0.717) is 12.8 Å². The predicted molar refractivity (Wildman–Crippen MR) is 89.2 cm³/mol. The van der Waals surface area contributed by atoms with E-state index in [9.17, 15) is 9.90 Å². The molecule has 0 amide bonds. The Bertz CT molecular complexity index is 664. The average molecular weight is 310 g/mol. The molecule has 1 aliphatic rings. The fourth-order valence-corrected chi connectivity index (χ4v) is 3.40. The van der Waals surface area contributed by atoms with Crippen LogP contribution in [0.4, 0.5) is 0 Å². The third-order valence-corrected chi connectivity index (χ3v) is 4.60. The summed E-state index contributed by atoms with van der Waals surface area (Å²) < 4.78 is 0. The number of carbonyl (C=O) groups is 1. The van der Waals surface area contributed by atoms with Crippen LogP contribution in [-0.2, 0) is 4.79 Å². The Kier molecular flexibility index (Phi) is 4.72. The van der Waals surface area contributed by atoms with Crippen LogP contribution in [0.5, 0.6) is 0 Å². The van der Waals surface area contributed by atoms with Crippen molar-refractivity contribution in [3.05, 3.63) is 65.5 Å². The zero-order chi connectivity index (χ0) is 16.2. The summed E-state index contributed by atoms with van der Waals surface area (Å²) in [5.41, 5.74) is 3.63. The first-order valence-electron chi connectivity index (χ1n) is 8.08. The molecule has 1 aliphatic heterocycles. The molecule has 1 aromatic carbocycles. The second kappa shape index (κ2) is 6.92. The van der Waals surface area contributed by atoms with E-state index in [1.807, 2.05) is 12.3 Å². The van der Waals surface area contributed by atoms with Crippen LogP contribution in [0.2, 0.25) is 0 Å². The minimum Gasteiger partial charge on any atom is -0.481 e. The maximum Gasteiger partial charge on any atom is 0.306 e. The molecule has 1 unspecified atom stereocenters. The van der Waals surface area contributed by atoms with Crippen LogP contribution < -0.4 is 0 Å². The van der Waals surface area contributed by atoms with Crippen molar-refractivity contribution in [3.8, 4) is 0 Å². The van der Waals surface area contributed by atoms with Crippen molar-refractivity contribution in [1.82, 2.24) is 9.88 Å². The number of hydrogen-bond acceptors (Lipinski definition) is 3. The molecule has 1 atom stereocenters. The van der Waals surface area contributed by atoms with Gasteiger partial charge in [0, 0.05) is 12.4 Å². The van der Waals surface area contributed by atoms with Crippen LogP contribution in [0, 0.1) is 12.8 Å². The highest BCUT2D eigenvalue weighted by Crippen LogP contribution is 2.32. The van der Waals surface area contributed by atoms with Gasteiger partial charge < -0.3 is 5.11 Å². The highest BCUT2D eigenvalue weighted by molar-refractivity contribution is 5.70. The molecule has 1 aromatic heterocycles. The number of aromatic nitrogens is 1. The molecule has 4 heteroatoms. The van der Waals surface area contributed by atoms with Gasteiger partial charge in [-0.25, -0.2) is 0 Å². The standard InChI is InChI=1S/C19H22N2O2/c1-14-4-2-5-16(12-14)18(17-6-3-9-20-13-17)21-10-7-15(8-11-21)19(22)23/h2-6,9,12-13,15,18H,7-8,10-11H2,1H3,(H,22,23). The Morgan fingerprint density at radius 2 is 1.96 bits per heavy atom. The first kappa shape index (κ1) is 15.7. The smallest absolute Gasteiger partial charge is 0.306 e. The summed E-state index contributed by atoms with van der Waals surface area (Å²) >= 11 is 0. The maximum absolute atomic E-state index is 11.2. The first-order valence-corrected chi connectivity index (χ1v) is 8.08. The number of hydrogen-bond donors (Lipinski definition) is 1. The van der Waals surface area contributed by atoms with E-state index < -0.39 is 5.97 Å². The van der Waals surface area contributed by atoms with Crippen molar-refractivity contribution in [3.63, 3.8) is 0 Å². The van der Waals surface area contributed by atoms with E-state index in [1.165, 1.54) is 11.1 Å². The number of pyridine rings is 1. The number of likely N-dealkylation sites (tertiary alicyclic amines) is 1. The SMILES string of the molecule is Cc1cccc(C(c2cccnc2)N2CCC(C(=O)O)CC2)c1. The molecule has 0 radical (unpaired) electrons. The van der Waals surface area contributed by atoms with Crippen LogP contribution in [0.1, 0.15) is 35.6 Å². The minimum atomic E-state index is -0.668. The minimum absolute atomic E-state index is 0.137. The van der Waals surface area contributed by atoms with E-state index in [4.69, 9.17) is 0 Å². The Morgan fingerprint density at radius 3 is 2.57 bits per heavy atom. The van der Waals surface area contributed by atoms with Crippen molar-refractivity contribution >= 4 is 5.97 Å². The molecule has 23 heavy (non-hydrogen) atoms. The number of rotatable bonds is 4. The molecule has 1 fully saturated rings. The van der Waals surface area contributed by atoms with Crippen molar-refractivity contribution < 1.29 is 9.90 Å². The quantitative estimate of drug-likeness (QED) is 0.941. The molecule has 4 nitrogen and oxygen atoms in total. The van der Waals surface area contributed by atoms with Gasteiger partial charge in [0.2, 0.25) is 0 Å². The number of carboxylic acids is 1. The van der Waals surface area contributed by atoms with E-state index >= 15 is 0 Å². The Morgan fingerprint density at radius 1 is 1.22 bits per heavy atom. The van der Waals surface area contributed by atoms with E-state index in [2.05, 4.69) is 47.1 Å². The van der Waals surface area contributed by atoms with Gasteiger partial charge in [0.05, 0.1) is 12.0 Å². The second-order valence-electron chi connectivity index (χ2n) is 6.25. The molecule has 1 saturated heterocycles. The topological polar surface area (TPSA) is 53.4 Å². The summed E-state index contributed by atoms with van der Waals surface area (Å²) in [6.07, 6.45) is 5.11. The van der Waals surface area contributed by atoms with Crippen molar-refractivity contribution in [2.45, 2.75) is 25.8 Å². The lowest BCUT2D eigenvalue weighted by Crippen LogP contribution is -2.39. The Labute approximate surface area is 136 Å². The summed E-state index contributed by atoms with van der Waals surface area (Å²) in [6, 6.07) is 12.7. The molecular formula is C19H22N2O2. The van der Waals surface area contributed by atoms with Gasteiger partial charge in [0.1, 0.15) is 0 Å². The molecular weight excluding hydrogens is 288 g/mol. The third-order valence-electron chi connectivity index (χ3n) is 4.60. The van der Waals surface area contributed by atoms with Gasteiger partial charge in [-0.3, -0.25) is 14.7 Å². The summed E-state index contributed by atoms with van der Waals surface area (Å²) in [4.78, 5) is 17.8. The molecule has 2 aromatic rings. The predicted octanol–water partition coefficient (Wildman–Crippen LogP) is 3.28. The van der Waals surface area contributed by atoms with Gasteiger partial charge in [-0.05, 0) is 50.0 Å². The average Bonchev–Trinajstić information content (AvgIpc) is 2.57. The van der Waals surface area contributed by atoms with Gasteiger partial charge in [0.15, 0.2) is 0 Å². The number of nitrogens with zero attached hydrogens (tertiary/aromatic N) is 2. The van der Waals surface area contributed by atoms with Gasteiger partial charge in [0.25, 0.3) is 0 Å². The lowest BCUT2D eigenvalue weighted by atomic mass is 9.91. The Balaban J connectivity index is 1.89. The molecule has 2 heterocycles.